The van der Waals surface area contributed by atoms with Gasteiger partial charge in [0.2, 0.25) is 11.1 Å². The number of tetrazole rings is 1. The summed E-state index contributed by atoms with van der Waals surface area (Å²) in [5.41, 5.74) is 1.52. The number of amides is 1. The van der Waals surface area contributed by atoms with Crippen LogP contribution in [0.5, 0.6) is 0 Å². The number of H-pyrrole nitrogens is 2. The van der Waals surface area contributed by atoms with Crippen molar-refractivity contribution in [3.8, 4) is 0 Å². The van der Waals surface area contributed by atoms with Gasteiger partial charge < -0.3 is 9.72 Å². The van der Waals surface area contributed by atoms with E-state index in [1.54, 1.807) is 0 Å². The molecule has 0 bridgehead atoms. The molecule has 102 valence electrons. The molecule has 0 spiro atoms. The van der Waals surface area contributed by atoms with Crippen molar-refractivity contribution in [1.29, 1.82) is 0 Å². The molecule has 0 fully saturated rings. The molecule has 0 aliphatic carbocycles. The minimum Gasteiger partial charge on any atom is -0.453 e. The van der Waals surface area contributed by atoms with Gasteiger partial charge >= 0.3 is 6.09 Å². The molecular formula is C10H9N7O2S. The number of carbonyl (C=O) groups excluding carboxylic acids is 1. The van der Waals surface area contributed by atoms with E-state index in [2.05, 4.69) is 40.6 Å². The molecule has 0 aliphatic rings. The molecule has 0 radical (unpaired) electrons. The van der Waals surface area contributed by atoms with Crippen molar-refractivity contribution in [2.75, 3.05) is 12.4 Å². The summed E-state index contributed by atoms with van der Waals surface area (Å²) in [7, 11) is 1.29. The predicted molar refractivity (Wildman–Crippen MR) is 70.4 cm³/mol. The van der Waals surface area contributed by atoms with Gasteiger partial charge in [0.05, 0.1) is 18.1 Å². The average molecular weight is 291 g/mol. The highest BCUT2D eigenvalue weighted by molar-refractivity contribution is 7.99. The molecule has 2 aromatic heterocycles. The lowest BCUT2D eigenvalue weighted by Crippen LogP contribution is -2.11. The van der Waals surface area contributed by atoms with E-state index in [0.717, 1.165) is 10.4 Å². The number of hydrogen-bond acceptors (Lipinski definition) is 7. The highest BCUT2D eigenvalue weighted by atomic mass is 32.2. The molecule has 3 aromatic rings. The Hall–Kier alpha value is -2.62. The number of nitrogens with zero attached hydrogens (tertiary/aromatic N) is 4. The molecule has 3 N–H and O–H groups in total. The Balaban J connectivity index is 1.85. The van der Waals surface area contributed by atoms with E-state index in [-0.39, 0.29) is 0 Å². The second-order valence-corrected chi connectivity index (χ2v) is 4.75. The van der Waals surface area contributed by atoms with Crippen LogP contribution in [0.1, 0.15) is 0 Å². The Morgan fingerprint density at radius 2 is 2.35 bits per heavy atom. The van der Waals surface area contributed by atoms with E-state index in [0.29, 0.717) is 16.6 Å². The number of aromatic amines is 2. The number of nitrogens with one attached hydrogen (secondary N) is 3. The number of imidazole rings is 1. The molecule has 1 amide bonds. The maximum atomic E-state index is 11.1. The van der Waals surface area contributed by atoms with Crippen molar-refractivity contribution in [3.05, 3.63) is 18.2 Å². The lowest BCUT2D eigenvalue weighted by Gasteiger charge is -1.96. The number of benzene rings is 1. The minimum atomic E-state index is -0.577. The van der Waals surface area contributed by atoms with Crippen molar-refractivity contribution >= 4 is 34.8 Å². The highest BCUT2D eigenvalue weighted by Gasteiger charge is 2.08. The van der Waals surface area contributed by atoms with Crippen LogP contribution in [-0.2, 0) is 4.74 Å². The van der Waals surface area contributed by atoms with Crippen LogP contribution in [0.2, 0.25) is 0 Å². The fraction of sp³-hybridized carbons (Fsp3) is 0.100. The largest absolute Gasteiger partial charge is 0.453 e. The van der Waals surface area contributed by atoms with Crippen molar-refractivity contribution in [3.63, 3.8) is 0 Å². The van der Waals surface area contributed by atoms with Crippen LogP contribution in [0, 0.1) is 0 Å². The van der Waals surface area contributed by atoms with Crippen LogP contribution in [0.25, 0.3) is 11.0 Å². The van der Waals surface area contributed by atoms with Gasteiger partial charge in [-0.25, -0.2) is 14.9 Å². The zero-order valence-corrected chi connectivity index (χ0v) is 11.1. The Labute approximate surface area is 116 Å². The van der Waals surface area contributed by atoms with Crippen LogP contribution in [0.4, 0.5) is 10.7 Å². The second-order valence-electron chi connectivity index (χ2n) is 3.69. The van der Waals surface area contributed by atoms with Crippen LogP contribution in [0.3, 0.4) is 0 Å². The molecule has 0 atom stereocenters. The number of carbonyl (C=O) groups is 1. The molecule has 0 saturated heterocycles. The highest BCUT2D eigenvalue weighted by Crippen LogP contribution is 2.27. The van der Waals surface area contributed by atoms with Crippen LogP contribution in [0.15, 0.2) is 28.3 Å². The summed E-state index contributed by atoms with van der Waals surface area (Å²) in [6.45, 7) is 0. The van der Waals surface area contributed by atoms with E-state index < -0.39 is 6.09 Å². The van der Waals surface area contributed by atoms with Gasteiger partial charge in [0.25, 0.3) is 0 Å². The van der Waals surface area contributed by atoms with Gasteiger partial charge in [-0.2, -0.15) is 0 Å². The number of hydrogen-bond donors (Lipinski definition) is 3. The smallest absolute Gasteiger partial charge is 0.413 e. The molecule has 0 saturated carbocycles. The Kier molecular flexibility index (Phi) is 3.21. The number of methoxy groups -OCH3 is 1. The van der Waals surface area contributed by atoms with Gasteiger partial charge in [0.15, 0.2) is 0 Å². The minimum absolute atomic E-state index is 0.329. The van der Waals surface area contributed by atoms with Gasteiger partial charge in [-0.05, 0) is 40.4 Å². The van der Waals surface area contributed by atoms with E-state index in [1.165, 1.54) is 18.9 Å². The third-order valence-electron chi connectivity index (χ3n) is 2.40. The summed E-state index contributed by atoms with van der Waals surface area (Å²) in [5, 5.41) is 16.5. The van der Waals surface area contributed by atoms with Crippen LogP contribution >= 0.6 is 11.8 Å². The van der Waals surface area contributed by atoms with Gasteiger partial charge in [-0.1, -0.05) is 0 Å². The Morgan fingerprint density at radius 3 is 3.10 bits per heavy atom. The molecule has 10 heteroatoms. The SMILES string of the molecule is COC(=O)Nc1nc2cc(Sc3nnn[nH]3)ccc2[nH]1. The summed E-state index contributed by atoms with van der Waals surface area (Å²) in [5.74, 6) is 0.329. The van der Waals surface area contributed by atoms with Crippen molar-refractivity contribution in [1.82, 2.24) is 30.6 Å². The monoisotopic (exact) mass is 291 g/mol. The summed E-state index contributed by atoms with van der Waals surface area (Å²) < 4.78 is 4.50. The number of rotatable bonds is 3. The first-order valence-corrected chi connectivity index (χ1v) is 6.32. The molecule has 0 aliphatic heterocycles. The Bertz CT molecular complexity index is 739. The van der Waals surface area contributed by atoms with Gasteiger partial charge in [0.1, 0.15) is 0 Å². The van der Waals surface area contributed by atoms with E-state index in [9.17, 15) is 4.79 Å². The standard InChI is InChI=1S/C10H9N7O2S/c1-19-10(18)13-8-11-6-3-2-5(4-7(6)12-8)20-9-14-16-17-15-9/h2-4H,1H3,(H2,11,12,13,18)(H,14,15,16,17). The summed E-state index contributed by atoms with van der Waals surface area (Å²) in [4.78, 5) is 19.3. The lowest BCUT2D eigenvalue weighted by atomic mass is 10.3. The summed E-state index contributed by atoms with van der Waals surface area (Å²) in [6.07, 6.45) is -0.577. The van der Waals surface area contributed by atoms with Gasteiger partial charge in [-0.15, -0.1) is 5.10 Å². The first-order valence-electron chi connectivity index (χ1n) is 5.51. The maximum Gasteiger partial charge on any atom is 0.413 e. The lowest BCUT2D eigenvalue weighted by molar-refractivity contribution is 0.186. The van der Waals surface area contributed by atoms with Crippen molar-refractivity contribution < 1.29 is 9.53 Å². The van der Waals surface area contributed by atoms with Crippen LogP contribution in [-0.4, -0.2) is 43.8 Å². The fourth-order valence-corrected chi connectivity index (χ4v) is 2.26. The number of ether oxygens (including phenoxy) is 1. The van der Waals surface area contributed by atoms with Crippen molar-refractivity contribution in [2.24, 2.45) is 0 Å². The summed E-state index contributed by atoms with van der Waals surface area (Å²) in [6, 6.07) is 5.62. The zero-order valence-electron chi connectivity index (χ0n) is 10.2. The zero-order chi connectivity index (χ0) is 13.9. The molecular weight excluding hydrogens is 282 g/mol. The van der Waals surface area contributed by atoms with E-state index in [1.807, 2.05) is 18.2 Å². The molecule has 1 aromatic carbocycles. The number of fused-ring (bicyclic) bond motifs is 1. The van der Waals surface area contributed by atoms with E-state index in [4.69, 9.17) is 0 Å². The quantitative estimate of drug-likeness (QED) is 0.666. The second kappa shape index (κ2) is 5.17. The molecule has 0 unspecified atom stereocenters. The first kappa shape index (κ1) is 12.4. The van der Waals surface area contributed by atoms with Crippen LogP contribution < -0.4 is 5.32 Å². The number of anilines is 1. The molecule has 2 heterocycles. The third kappa shape index (κ3) is 2.54. The summed E-state index contributed by atoms with van der Waals surface area (Å²) >= 11 is 1.38. The molecule has 3 rings (SSSR count). The maximum absolute atomic E-state index is 11.1. The average Bonchev–Trinajstić information content (AvgIpc) is 3.07. The third-order valence-corrected chi connectivity index (χ3v) is 3.26. The molecule has 20 heavy (non-hydrogen) atoms. The Morgan fingerprint density at radius 1 is 1.45 bits per heavy atom. The fourth-order valence-electron chi connectivity index (χ4n) is 1.56. The van der Waals surface area contributed by atoms with E-state index >= 15 is 0 Å². The van der Waals surface area contributed by atoms with Gasteiger partial charge in [0, 0.05) is 4.90 Å². The van der Waals surface area contributed by atoms with Gasteiger partial charge in [-0.3, -0.25) is 5.32 Å². The number of aromatic nitrogens is 6. The first-order chi connectivity index (χ1) is 9.74. The normalized spacial score (nSPS) is 10.7. The molecule has 9 nitrogen and oxygen atoms in total. The predicted octanol–water partition coefficient (Wildman–Crippen LogP) is 1.41. The topological polar surface area (TPSA) is 121 Å². The van der Waals surface area contributed by atoms with Crippen molar-refractivity contribution in [2.45, 2.75) is 10.1 Å².